The largest absolute Gasteiger partial charge is 0.456 e. The van der Waals surface area contributed by atoms with Gasteiger partial charge in [-0.2, -0.15) is 0 Å². The number of aromatic nitrogens is 1. The first-order chi connectivity index (χ1) is 11.3. The second-order valence-corrected chi connectivity index (χ2v) is 8.57. The zero-order chi connectivity index (χ0) is 17.9. The molecule has 0 aliphatic heterocycles. The van der Waals surface area contributed by atoms with E-state index >= 15 is 0 Å². The predicted octanol–water partition coefficient (Wildman–Crippen LogP) is 2.97. The Balaban J connectivity index is 2.18. The van der Waals surface area contributed by atoms with Crippen LogP contribution >= 0.6 is 22.9 Å². The average Bonchev–Trinajstić information content (AvgIpc) is 3.00. The minimum atomic E-state index is -3.75. The van der Waals surface area contributed by atoms with Gasteiger partial charge >= 0.3 is 5.97 Å². The number of halogens is 1. The Morgan fingerprint density at radius 2 is 2.08 bits per heavy atom. The van der Waals surface area contributed by atoms with Gasteiger partial charge in [0, 0.05) is 19.5 Å². The number of hydrogen-bond donors (Lipinski definition) is 0. The van der Waals surface area contributed by atoms with Crippen molar-refractivity contribution in [2.75, 3.05) is 14.1 Å². The topological polar surface area (TPSA) is 76.6 Å². The first-order valence-electron chi connectivity index (χ1n) is 7.08. The van der Waals surface area contributed by atoms with Crippen LogP contribution in [-0.4, -0.2) is 37.8 Å². The molecule has 1 heterocycles. The van der Waals surface area contributed by atoms with Crippen LogP contribution in [0.5, 0.6) is 0 Å². The molecular weight excluding hydrogens is 372 g/mol. The molecule has 0 spiro atoms. The maximum atomic E-state index is 12.2. The highest BCUT2D eigenvalue weighted by atomic mass is 35.5. The number of esters is 1. The fraction of sp³-hybridized carbons (Fsp3) is 0.333. The highest BCUT2D eigenvalue weighted by Gasteiger charge is 2.23. The number of rotatable bonds is 6. The molecule has 0 amide bonds. The van der Waals surface area contributed by atoms with E-state index in [0.29, 0.717) is 5.69 Å². The van der Waals surface area contributed by atoms with Crippen LogP contribution < -0.4 is 0 Å². The summed E-state index contributed by atoms with van der Waals surface area (Å²) in [5.41, 5.74) is 0.783. The first kappa shape index (κ1) is 18.9. The summed E-state index contributed by atoms with van der Waals surface area (Å²) in [7, 11) is -0.962. The van der Waals surface area contributed by atoms with Crippen LogP contribution in [0.1, 0.15) is 28.0 Å². The van der Waals surface area contributed by atoms with Gasteiger partial charge in [0.05, 0.1) is 21.3 Å². The Kier molecular flexibility index (Phi) is 5.97. The van der Waals surface area contributed by atoms with E-state index in [4.69, 9.17) is 16.3 Å². The number of benzene rings is 1. The van der Waals surface area contributed by atoms with E-state index in [0.717, 1.165) is 15.7 Å². The number of aryl methyl sites for hydroxylation is 1. The summed E-state index contributed by atoms with van der Waals surface area (Å²) in [5, 5.41) is 2.84. The highest BCUT2D eigenvalue weighted by Crippen LogP contribution is 2.25. The Labute approximate surface area is 150 Å². The molecule has 1 aromatic carbocycles. The molecule has 130 valence electrons. The fourth-order valence-electron chi connectivity index (χ4n) is 1.83. The summed E-state index contributed by atoms with van der Waals surface area (Å²) >= 11 is 7.46. The zero-order valence-electron chi connectivity index (χ0n) is 13.4. The van der Waals surface area contributed by atoms with Crippen molar-refractivity contribution in [1.82, 2.24) is 9.29 Å². The third-order valence-electron chi connectivity index (χ3n) is 3.18. The van der Waals surface area contributed by atoms with Gasteiger partial charge in [-0.05, 0) is 24.6 Å². The van der Waals surface area contributed by atoms with Crippen molar-refractivity contribution in [3.8, 4) is 0 Å². The number of hydrogen-bond acceptors (Lipinski definition) is 6. The fourth-order valence-corrected chi connectivity index (χ4v) is 3.95. The van der Waals surface area contributed by atoms with Gasteiger partial charge < -0.3 is 4.74 Å². The molecule has 24 heavy (non-hydrogen) atoms. The molecule has 9 heteroatoms. The number of sulfonamides is 1. The van der Waals surface area contributed by atoms with Gasteiger partial charge in [0.25, 0.3) is 0 Å². The quantitative estimate of drug-likeness (QED) is 0.711. The van der Waals surface area contributed by atoms with Crippen LogP contribution in [-0.2, 0) is 27.8 Å². The van der Waals surface area contributed by atoms with Gasteiger partial charge in [-0.3, -0.25) is 0 Å². The molecule has 0 atom stereocenters. The first-order valence-corrected chi connectivity index (χ1v) is 9.78. The van der Waals surface area contributed by atoms with E-state index < -0.39 is 16.0 Å². The number of thiazole rings is 1. The Morgan fingerprint density at radius 1 is 1.38 bits per heavy atom. The molecule has 6 nitrogen and oxygen atoms in total. The molecule has 1 aromatic heterocycles. The van der Waals surface area contributed by atoms with Gasteiger partial charge in [-0.25, -0.2) is 22.5 Å². The normalized spacial score (nSPS) is 11.7. The van der Waals surface area contributed by atoms with Crippen molar-refractivity contribution in [3.63, 3.8) is 0 Å². The van der Waals surface area contributed by atoms with Crippen LogP contribution in [0, 0.1) is 0 Å². The van der Waals surface area contributed by atoms with Crippen molar-refractivity contribution >= 4 is 38.9 Å². The van der Waals surface area contributed by atoms with Crippen molar-refractivity contribution in [1.29, 1.82) is 0 Å². The average molecular weight is 389 g/mol. The smallest absolute Gasteiger partial charge is 0.338 e. The molecule has 0 saturated heterocycles. The Morgan fingerprint density at radius 3 is 2.67 bits per heavy atom. The third kappa shape index (κ3) is 4.13. The highest BCUT2D eigenvalue weighted by molar-refractivity contribution is 7.89. The Bertz CT molecular complexity index is 847. The maximum absolute atomic E-state index is 12.2. The van der Waals surface area contributed by atoms with Crippen molar-refractivity contribution in [2.24, 2.45) is 0 Å². The molecule has 2 rings (SSSR count). The van der Waals surface area contributed by atoms with Crippen LogP contribution in [0.4, 0.5) is 0 Å². The molecule has 0 fully saturated rings. The van der Waals surface area contributed by atoms with E-state index in [1.807, 2.05) is 12.3 Å². The van der Waals surface area contributed by atoms with E-state index in [-0.39, 0.29) is 22.1 Å². The molecular formula is C15H17ClN2O4S2. The lowest BCUT2D eigenvalue weighted by atomic mass is 10.2. The summed E-state index contributed by atoms with van der Waals surface area (Å²) in [6, 6.07) is 4.02. The monoisotopic (exact) mass is 388 g/mol. The lowest BCUT2D eigenvalue weighted by molar-refractivity contribution is 0.0468. The second kappa shape index (κ2) is 7.60. The molecule has 0 aliphatic carbocycles. The molecule has 0 N–H and O–H groups in total. The summed E-state index contributed by atoms with van der Waals surface area (Å²) in [6.45, 7) is 2.03. The minimum absolute atomic E-state index is 0.0354. The van der Waals surface area contributed by atoms with Crippen LogP contribution in [0.2, 0.25) is 5.02 Å². The molecule has 0 bridgehead atoms. The molecule has 2 aromatic rings. The molecule has 0 aliphatic rings. The Hall–Kier alpha value is -1.48. The van der Waals surface area contributed by atoms with Gasteiger partial charge in [0.15, 0.2) is 0 Å². The minimum Gasteiger partial charge on any atom is -0.456 e. The third-order valence-corrected chi connectivity index (χ3v) is 6.52. The van der Waals surface area contributed by atoms with E-state index in [2.05, 4.69) is 4.98 Å². The van der Waals surface area contributed by atoms with Gasteiger partial charge in [-0.15, -0.1) is 11.3 Å². The predicted molar refractivity (Wildman–Crippen MR) is 92.9 cm³/mol. The van der Waals surface area contributed by atoms with Crippen molar-refractivity contribution < 1.29 is 17.9 Å². The molecule has 0 saturated carbocycles. The summed E-state index contributed by atoms with van der Waals surface area (Å²) in [5.74, 6) is -0.632. The second-order valence-electron chi connectivity index (χ2n) is 5.09. The van der Waals surface area contributed by atoms with Crippen LogP contribution in [0.25, 0.3) is 0 Å². The number of carbonyl (C=O) groups excluding carboxylic acids is 1. The maximum Gasteiger partial charge on any atom is 0.338 e. The lowest BCUT2D eigenvalue weighted by Gasteiger charge is -2.13. The SMILES string of the molecule is CCc1nc(COC(=O)c2ccc(Cl)c(S(=O)(=O)N(C)C)c2)cs1. The number of nitrogens with zero attached hydrogens (tertiary/aromatic N) is 2. The summed E-state index contributed by atoms with van der Waals surface area (Å²) in [6.07, 6.45) is 0.821. The van der Waals surface area contributed by atoms with Gasteiger partial charge in [-0.1, -0.05) is 18.5 Å². The lowest BCUT2D eigenvalue weighted by Crippen LogP contribution is -2.23. The number of carbonyl (C=O) groups is 1. The van der Waals surface area contributed by atoms with Crippen molar-refractivity contribution in [3.05, 3.63) is 44.9 Å². The van der Waals surface area contributed by atoms with Gasteiger partial charge in [0.2, 0.25) is 10.0 Å². The van der Waals surface area contributed by atoms with Crippen LogP contribution in [0.15, 0.2) is 28.5 Å². The van der Waals surface area contributed by atoms with E-state index in [1.54, 1.807) is 0 Å². The standard InChI is InChI=1S/C15H17ClN2O4S2/c1-4-14-17-11(9-23-14)8-22-15(19)10-5-6-12(16)13(7-10)24(20,21)18(2)3/h5-7,9H,4,8H2,1-3H3. The van der Waals surface area contributed by atoms with E-state index in [1.165, 1.54) is 43.6 Å². The molecule has 0 radical (unpaired) electrons. The zero-order valence-corrected chi connectivity index (χ0v) is 15.8. The van der Waals surface area contributed by atoms with Crippen molar-refractivity contribution in [2.45, 2.75) is 24.8 Å². The summed E-state index contributed by atoms with van der Waals surface area (Å²) in [4.78, 5) is 16.3. The van der Waals surface area contributed by atoms with Gasteiger partial charge in [0.1, 0.15) is 11.5 Å². The number of ether oxygens (including phenoxy) is 1. The molecule has 0 unspecified atom stereocenters. The summed E-state index contributed by atoms with van der Waals surface area (Å²) < 4.78 is 30.7. The van der Waals surface area contributed by atoms with E-state index in [9.17, 15) is 13.2 Å². The van der Waals surface area contributed by atoms with Crippen LogP contribution in [0.3, 0.4) is 0 Å².